The van der Waals surface area contributed by atoms with E-state index in [1.165, 1.54) is 22.2 Å². The zero-order valence-electron chi connectivity index (χ0n) is 11.5. The van der Waals surface area contributed by atoms with Gasteiger partial charge in [0.25, 0.3) is 0 Å². The van der Waals surface area contributed by atoms with Crippen LogP contribution in [0.25, 0.3) is 6.08 Å². The van der Waals surface area contributed by atoms with Crippen LogP contribution in [0.3, 0.4) is 0 Å². The van der Waals surface area contributed by atoms with Crippen molar-refractivity contribution < 1.29 is 9.90 Å². The number of aliphatic carboxylic acids is 1. The largest absolute Gasteiger partial charge is 0.478 e. The molecular weight excluding hydrogens is 270 g/mol. The summed E-state index contributed by atoms with van der Waals surface area (Å²) >= 11 is 1.61. The topological polar surface area (TPSA) is 40.5 Å². The predicted octanol–water partition coefficient (Wildman–Crippen LogP) is 3.79. The highest BCUT2D eigenvalue weighted by Gasteiger charge is 2.04. The molecule has 1 N–H and O–H groups in total. The minimum atomic E-state index is -0.920. The van der Waals surface area contributed by atoms with Crippen LogP contribution in [-0.2, 0) is 11.3 Å². The summed E-state index contributed by atoms with van der Waals surface area (Å²) in [4.78, 5) is 14.8. The minimum absolute atomic E-state index is 0.815. The lowest BCUT2D eigenvalue weighted by Crippen LogP contribution is -2.15. The first-order valence-electron chi connectivity index (χ1n) is 6.32. The van der Waals surface area contributed by atoms with Crippen LogP contribution < -0.4 is 4.90 Å². The Labute approximate surface area is 122 Å². The number of hydrogen-bond donors (Lipinski definition) is 1. The Bertz CT molecular complexity index is 631. The van der Waals surface area contributed by atoms with Crippen LogP contribution >= 0.6 is 11.3 Å². The molecular formula is C16H17NO2S. The summed E-state index contributed by atoms with van der Waals surface area (Å²) < 4.78 is 0. The van der Waals surface area contributed by atoms with E-state index in [0.29, 0.717) is 0 Å². The summed E-state index contributed by atoms with van der Waals surface area (Å²) in [5, 5.41) is 8.61. The molecule has 1 aromatic carbocycles. The molecule has 20 heavy (non-hydrogen) atoms. The molecule has 0 aliphatic rings. The maximum absolute atomic E-state index is 10.5. The molecule has 0 bridgehead atoms. The molecule has 0 aliphatic heterocycles. The fraction of sp³-hybridized carbons (Fsp3) is 0.188. The van der Waals surface area contributed by atoms with Crippen LogP contribution in [0.1, 0.15) is 15.3 Å². The van der Waals surface area contributed by atoms with Gasteiger partial charge in [0.05, 0.1) is 6.54 Å². The summed E-state index contributed by atoms with van der Waals surface area (Å²) in [6.07, 6.45) is 2.79. The van der Waals surface area contributed by atoms with Gasteiger partial charge >= 0.3 is 5.97 Å². The molecule has 0 atom stereocenters. The Hall–Kier alpha value is -2.07. The molecule has 1 heterocycles. The number of aryl methyl sites for hydroxylation is 1. The van der Waals surface area contributed by atoms with Gasteiger partial charge in [-0.3, -0.25) is 0 Å². The number of benzene rings is 1. The third-order valence-corrected chi connectivity index (χ3v) is 3.94. The van der Waals surface area contributed by atoms with Crippen LogP contribution in [0.4, 0.5) is 5.69 Å². The lowest BCUT2D eigenvalue weighted by atomic mass is 10.2. The number of carboxylic acid groups (broad SMARTS) is 1. The second kappa shape index (κ2) is 6.39. The average molecular weight is 287 g/mol. The van der Waals surface area contributed by atoms with Crippen molar-refractivity contribution in [1.82, 2.24) is 0 Å². The van der Waals surface area contributed by atoms with E-state index in [1.54, 1.807) is 17.4 Å². The summed E-state index contributed by atoms with van der Waals surface area (Å²) in [5.74, 6) is -0.920. The molecule has 4 heteroatoms. The molecule has 0 unspecified atom stereocenters. The molecule has 0 fully saturated rings. The van der Waals surface area contributed by atoms with Gasteiger partial charge in [0, 0.05) is 28.6 Å². The van der Waals surface area contributed by atoms with Crippen molar-refractivity contribution in [1.29, 1.82) is 0 Å². The fourth-order valence-corrected chi connectivity index (χ4v) is 2.88. The Morgan fingerprint density at radius 3 is 2.85 bits per heavy atom. The molecule has 2 aromatic rings. The van der Waals surface area contributed by atoms with Gasteiger partial charge < -0.3 is 10.0 Å². The third-order valence-electron chi connectivity index (χ3n) is 2.91. The smallest absolute Gasteiger partial charge is 0.328 e. The van der Waals surface area contributed by atoms with Crippen LogP contribution in [-0.4, -0.2) is 18.1 Å². The maximum Gasteiger partial charge on any atom is 0.328 e. The Balaban J connectivity index is 2.05. The van der Waals surface area contributed by atoms with Crippen LogP contribution in [0.5, 0.6) is 0 Å². The molecule has 0 spiro atoms. The van der Waals surface area contributed by atoms with E-state index in [2.05, 4.69) is 43.1 Å². The van der Waals surface area contributed by atoms with Crippen molar-refractivity contribution in [2.45, 2.75) is 13.5 Å². The highest BCUT2D eigenvalue weighted by molar-refractivity contribution is 7.12. The summed E-state index contributed by atoms with van der Waals surface area (Å²) in [5.41, 5.74) is 2.42. The molecule has 2 rings (SSSR count). The molecule has 104 valence electrons. The minimum Gasteiger partial charge on any atom is -0.478 e. The second-order valence-corrected chi connectivity index (χ2v) is 5.87. The molecule has 0 saturated heterocycles. The number of carbonyl (C=O) groups is 1. The predicted molar refractivity (Wildman–Crippen MR) is 84.3 cm³/mol. The zero-order valence-corrected chi connectivity index (χ0v) is 12.4. The lowest BCUT2D eigenvalue weighted by Gasteiger charge is -2.18. The van der Waals surface area contributed by atoms with Crippen molar-refractivity contribution in [2.75, 3.05) is 11.9 Å². The van der Waals surface area contributed by atoms with Gasteiger partial charge in [0.1, 0.15) is 0 Å². The van der Waals surface area contributed by atoms with E-state index >= 15 is 0 Å². The van der Waals surface area contributed by atoms with Crippen LogP contribution in [0.2, 0.25) is 0 Å². The van der Waals surface area contributed by atoms with Crippen LogP contribution in [0.15, 0.2) is 42.5 Å². The van der Waals surface area contributed by atoms with Gasteiger partial charge in [-0.05, 0) is 42.8 Å². The van der Waals surface area contributed by atoms with E-state index in [1.807, 2.05) is 12.1 Å². The van der Waals surface area contributed by atoms with Crippen molar-refractivity contribution in [3.8, 4) is 0 Å². The molecule has 0 radical (unpaired) electrons. The molecule has 0 aliphatic carbocycles. The van der Waals surface area contributed by atoms with Gasteiger partial charge in [-0.2, -0.15) is 0 Å². The third kappa shape index (κ3) is 3.96. The van der Waals surface area contributed by atoms with E-state index in [9.17, 15) is 4.79 Å². The number of thiophene rings is 1. The quantitative estimate of drug-likeness (QED) is 0.851. The summed E-state index contributed by atoms with van der Waals surface area (Å²) in [7, 11) is 2.06. The highest BCUT2D eigenvalue weighted by atomic mass is 32.1. The first kappa shape index (κ1) is 14.3. The van der Waals surface area contributed by atoms with Crippen molar-refractivity contribution >= 4 is 29.1 Å². The average Bonchev–Trinajstić information content (AvgIpc) is 2.84. The second-order valence-electron chi connectivity index (χ2n) is 4.67. The van der Waals surface area contributed by atoms with E-state index in [4.69, 9.17) is 5.11 Å². The number of hydrogen-bond acceptors (Lipinski definition) is 3. The van der Waals surface area contributed by atoms with Crippen LogP contribution in [0, 0.1) is 6.92 Å². The van der Waals surface area contributed by atoms with Crippen molar-refractivity contribution in [3.05, 3.63) is 57.8 Å². The first-order chi connectivity index (χ1) is 9.54. The number of rotatable bonds is 5. The highest BCUT2D eigenvalue weighted by Crippen LogP contribution is 2.22. The van der Waals surface area contributed by atoms with Gasteiger partial charge in [0.2, 0.25) is 0 Å². The van der Waals surface area contributed by atoms with Gasteiger partial charge in [-0.25, -0.2) is 4.79 Å². The van der Waals surface area contributed by atoms with E-state index in [-0.39, 0.29) is 0 Å². The van der Waals surface area contributed by atoms with Crippen molar-refractivity contribution in [2.24, 2.45) is 0 Å². The number of anilines is 1. The standard InChI is InChI=1S/C16H17NO2S/c1-12-4-3-5-13(10-12)17(2)11-15-7-6-14(20-15)8-9-16(18)19/h3-10H,11H2,1-2H3,(H,18,19). The maximum atomic E-state index is 10.5. The Kier molecular flexibility index (Phi) is 4.58. The molecule has 1 aromatic heterocycles. The van der Waals surface area contributed by atoms with Gasteiger partial charge in [-0.15, -0.1) is 11.3 Å². The van der Waals surface area contributed by atoms with E-state index in [0.717, 1.165) is 11.4 Å². The first-order valence-corrected chi connectivity index (χ1v) is 7.14. The van der Waals surface area contributed by atoms with E-state index < -0.39 is 5.97 Å². The monoisotopic (exact) mass is 287 g/mol. The van der Waals surface area contributed by atoms with Crippen molar-refractivity contribution in [3.63, 3.8) is 0 Å². The molecule has 0 saturated carbocycles. The Morgan fingerprint density at radius 1 is 1.35 bits per heavy atom. The number of nitrogens with zero attached hydrogens (tertiary/aromatic N) is 1. The van der Waals surface area contributed by atoms with Gasteiger partial charge in [0.15, 0.2) is 0 Å². The summed E-state index contributed by atoms with van der Waals surface area (Å²) in [6, 6.07) is 12.4. The number of carboxylic acids is 1. The normalized spacial score (nSPS) is 10.9. The zero-order chi connectivity index (χ0) is 14.5. The summed E-state index contributed by atoms with van der Waals surface area (Å²) in [6.45, 7) is 2.90. The fourth-order valence-electron chi connectivity index (χ4n) is 1.91. The SMILES string of the molecule is Cc1cccc(N(C)Cc2ccc(C=CC(=O)O)s2)c1. The van der Waals surface area contributed by atoms with Gasteiger partial charge in [-0.1, -0.05) is 12.1 Å². The Morgan fingerprint density at radius 2 is 2.15 bits per heavy atom. The molecule has 0 amide bonds. The molecule has 3 nitrogen and oxygen atoms in total. The lowest BCUT2D eigenvalue weighted by molar-refractivity contribution is -0.131.